The third kappa shape index (κ3) is 11.7. The van der Waals surface area contributed by atoms with E-state index in [2.05, 4.69) is 41.4 Å². The average molecular weight is 778 g/mol. The van der Waals surface area contributed by atoms with Gasteiger partial charge in [0.1, 0.15) is 24.2 Å². The van der Waals surface area contributed by atoms with Crippen molar-refractivity contribution in [2.75, 3.05) is 27.3 Å². The maximum atomic E-state index is 14.7. The molecule has 0 aromatic heterocycles. The number of carbonyl (C=O) groups is 7. The van der Waals surface area contributed by atoms with Crippen molar-refractivity contribution in [3.8, 4) is 0 Å². The molecular weight excluding hydrogens is 714 g/mol. The Kier molecular flexibility index (Phi) is 15.6. The molecule has 4 rings (SSSR count). The Hall–Kier alpha value is -4.15. The summed E-state index contributed by atoms with van der Waals surface area (Å²) >= 11 is 0. The van der Waals surface area contributed by atoms with Gasteiger partial charge in [0.25, 0.3) is 5.91 Å². The minimum atomic E-state index is -1.44. The largest absolute Gasteiger partial charge is 0.453 e. The van der Waals surface area contributed by atoms with E-state index in [-0.39, 0.29) is 30.3 Å². The van der Waals surface area contributed by atoms with Crippen LogP contribution in [-0.2, 0) is 33.4 Å². The monoisotopic (exact) mass is 777 g/mol. The number of aliphatic hydroxyl groups excluding tert-OH is 1. The van der Waals surface area contributed by atoms with Crippen molar-refractivity contribution in [2.45, 2.75) is 147 Å². The Morgan fingerprint density at radius 2 is 1.45 bits per heavy atom. The summed E-state index contributed by atoms with van der Waals surface area (Å²) in [7, 11) is 2.28. The van der Waals surface area contributed by atoms with Gasteiger partial charge in [0.15, 0.2) is 6.10 Å². The Morgan fingerprint density at radius 3 is 2.05 bits per heavy atom. The van der Waals surface area contributed by atoms with Gasteiger partial charge in [-0.2, -0.15) is 0 Å². The van der Waals surface area contributed by atoms with Crippen LogP contribution < -0.4 is 31.9 Å². The van der Waals surface area contributed by atoms with Gasteiger partial charge in [-0.3, -0.25) is 24.0 Å². The molecule has 55 heavy (non-hydrogen) atoms. The fourth-order valence-electron chi connectivity index (χ4n) is 8.29. The van der Waals surface area contributed by atoms with E-state index >= 15 is 0 Å². The minimum absolute atomic E-state index is 0.0411. The molecule has 17 heteroatoms. The van der Waals surface area contributed by atoms with Crippen molar-refractivity contribution < 1.29 is 48.1 Å². The predicted molar refractivity (Wildman–Crippen MR) is 200 cm³/mol. The van der Waals surface area contributed by atoms with E-state index in [1.165, 1.54) is 0 Å². The zero-order valence-electron chi connectivity index (χ0n) is 33.2. The first kappa shape index (κ1) is 43.6. The number of methoxy groups -OCH3 is 2. The molecule has 0 spiro atoms. The summed E-state index contributed by atoms with van der Waals surface area (Å²) in [5.74, 6) is -3.04. The van der Waals surface area contributed by atoms with Crippen LogP contribution in [0.2, 0.25) is 0 Å². The highest BCUT2D eigenvalue weighted by Crippen LogP contribution is 2.43. The van der Waals surface area contributed by atoms with Crippen LogP contribution in [0, 0.1) is 23.2 Å². The highest BCUT2D eigenvalue weighted by atomic mass is 16.5. The van der Waals surface area contributed by atoms with E-state index in [1.54, 1.807) is 4.90 Å². The molecule has 0 radical (unpaired) electrons. The lowest BCUT2D eigenvalue weighted by Gasteiger charge is -2.38. The van der Waals surface area contributed by atoms with Crippen LogP contribution >= 0.6 is 0 Å². The topological polar surface area (TPSA) is 234 Å². The van der Waals surface area contributed by atoms with E-state index in [0.29, 0.717) is 32.2 Å². The first-order chi connectivity index (χ1) is 26.1. The number of nitrogens with zero attached hydrogens (tertiary/aromatic N) is 1. The number of amides is 7. The maximum absolute atomic E-state index is 14.7. The molecule has 4 fully saturated rings. The molecule has 4 aliphatic rings. The number of aliphatic hydroxyl groups is 1. The summed E-state index contributed by atoms with van der Waals surface area (Å²) < 4.78 is 9.27. The van der Waals surface area contributed by atoms with Gasteiger partial charge in [0, 0.05) is 12.6 Å². The number of fused-ring (bicyclic) bond motifs is 1. The van der Waals surface area contributed by atoms with E-state index in [1.807, 2.05) is 27.7 Å². The fraction of sp³-hybridized carbons (Fsp3) is 0.816. The molecule has 1 saturated heterocycles. The second-order valence-corrected chi connectivity index (χ2v) is 16.7. The lowest BCUT2D eigenvalue weighted by molar-refractivity contribution is -0.146. The smallest absolute Gasteiger partial charge is 0.407 e. The SMILES string of the molecule is CCC[C@H](NC(=O)[C@@H]1[C@H]2CCC[C@H]2CN1C(=O)[C@@H](NC(=O)[C@@H](NC(=O)[C@H](CNC(=O)OC)NC(=O)OC)C1CCCCC1)C(C)(C)C)C(O)C(=O)NC1CC1. The van der Waals surface area contributed by atoms with Crippen LogP contribution in [0.1, 0.15) is 105 Å². The van der Waals surface area contributed by atoms with Crippen LogP contribution in [0.3, 0.4) is 0 Å². The van der Waals surface area contributed by atoms with Crippen LogP contribution in [-0.4, -0.2) is 121 Å². The van der Waals surface area contributed by atoms with Crippen molar-refractivity contribution in [1.82, 2.24) is 36.8 Å². The zero-order valence-corrected chi connectivity index (χ0v) is 33.2. The quantitative estimate of drug-likeness (QED) is 0.118. The normalized spacial score (nSPS) is 23.8. The van der Waals surface area contributed by atoms with Gasteiger partial charge in [-0.25, -0.2) is 9.59 Å². The molecule has 7 amide bonds. The predicted octanol–water partition coefficient (Wildman–Crippen LogP) is 1.21. The molecule has 1 unspecified atom stereocenters. The standard InChI is InChI=1S/C38H63N7O10/c1-7-12-25(29(46)34(50)40-23-17-18-23)41-33(49)28-24-16-11-15-22(24)20-45(28)35(51)30(38(2,3)4)44-32(48)27(21-13-9-8-10-14-21)43-31(47)26(42-37(53)55-6)19-39-36(52)54-5/h21-30,46H,7-20H2,1-6H3,(H,39,52)(H,40,50)(H,41,49)(H,42,53)(H,43,47)(H,44,48)/t22-,24-,25-,26-,27-,28-,29?,30+/m0/s1. The first-order valence-electron chi connectivity index (χ1n) is 20.0. The third-order valence-electron chi connectivity index (χ3n) is 11.5. The molecule has 310 valence electrons. The molecule has 1 heterocycles. The summed E-state index contributed by atoms with van der Waals surface area (Å²) in [6, 6.07) is -5.15. The summed E-state index contributed by atoms with van der Waals surface area (Å²) in [4.78, 5) is 95.3. The molecule has 3 saturated carbocycles. The van der Waals surface area contributed by atoms with E-state index in [0.717, 1.165) is 65.6 Å². The summed E-state index contributed by atoms with van der Waals surface area (Å²) in [5, 5.41) is 27.2. The average Bonchev–Trinajstić information content (AvgIpc) is 3.72. The molecule has 7 N–H and O–H groups in total. The Balaban J connectivity index is 1.56. The summed E-state index contributed by atoms with van der Waals surface area (Å²) in [6.07, 6.45) is 5.91. The van der Waals surface area contributed by atoms with Crippen molar-refractivity contribution in [1.29, 1.82) is 0 Å². The molecule has 3 aliphatic carbocycles. The fourth-order valence-corrected chi connectivity index (χ4v) is 8.29. The van der Waals surface area contributed by atoms with Gasteiger partial charge in [0.05, 0.1) is 26.8 Å². The van der Waals surface area contributed by atoms with Crippen molar-refractivity contribution in [3.05, 3.63) is 0 Å². The number of likely N-dealkylation sites (tertiary alicyclic amines) is 1. The maximum Gasteiger partial charge on any atom is 0.407 e. The van der Waals surface area contributed by atoms with Gasteiger partial charge >= 0.3 is 12.2 Å². The molecule has 0 bridgehead atoms. The number of hydrogen-bond acceptors (Lipinski definition) is 10. The molecule has 0 aromatic rings. The van der Waals surface area contributed by atoms with Crippen molar-refractivity contribution >= 4 is 41.7 Å². The number of nitrogens with one attached hydrogen (secondary N) is 6. The van der Waals surface area contributed by atoms with E-state index < -0.39 is 83.5 Å². The number of ether oxygens (including phenoxy) is 2. The van der Waals surface area contributed by atoms with Crippen LogP contribution in [0.5, 0.6) is 0 Å². The number of alkyl carbamates (subject to hydrolysis) is 2. The molecular formula is C38H63N7O10. The Bertz CT molecular complexity index is 1400. The van der Waals surface area contributed by atoms with Gasteiger partial charge in [-0.1, -0.05) is 59.8 Å². The Morgan fingerprint density at radius 1 is 0.782 bits per heavy atom. The van der Waals surface area contributed by atoms with Crippen LogP contribution in [0.4, 0.5) is 9.59 Å². The Labute approximate surface area is 323 Å². The van der Waals surface area contributed by atoms with E-state index in [9.17, 15) is 38.7 Å². The first-order valence-corrected chi connectivity index (χ1v) is 20.0. The summed E-state index contributed by atoms with van der Waals surface area (Å²) in [5.41, 5.74) is -0.826. The second-order valence-electron chi connectivity index (χ2n) is 16.7. The summed E-state index contributed by atoms with van der Waals surface area (Å²) in [6.45, 7) is 7.32. The van der Waals surface area contributed by atoms with Crippen molar-refractivity contribution in [2.24, 2.45) is 23.2 Å². The molecule has 8 atom stereocenters. The number of hydrogen-bond donors (Lipinski definition) is 7. The van der Waals surface area contributed by atoms with Crippen molar-refractivity contribution in [3.63, 3.8) is 0 Å². The number of carbonyl (C=O) groups excluding carboxylic acids is 7. The van der Waals surface area contributed by atoms with Crippen LogP contribution in [0.15, 0.2) is 0 Å². The van der Waals surface area contributed by atoms with E-state index in [4.69, 9.17) is 0 Å². The highest BCUT2D eigenvalue weighted by molar-refractivity contribution is 5.96. The number of rotatable bonds is 16. The third-order valence-corrected chi connectivity index (χ3v) is 11.5. The zero-order chi connectivity index (χ0) is 40.4. The lowest BCUT2D eigenvalue weighted by atomic mass is 9.82. The molecule has 0 aromatic carbocycles. The lowest BCUT2D eigenvalue weighted by Crippen LogP contribution is -2.63. The second kappa shape index (κ2) is 19.6. The van der Waals surface area contributed by atoms with Gasteiger partial charge in [-0.05, 0) is 68.1 Å². The van der Waals surface area contributed by atoms with Gasteiger partial charge in [-0.15, -0.1) is 0 Å². The van der Waals surface area contributed by atoms with Crippen LogP contribution in [0.25, 0.3) is 0 Å². The minimum Gasteiger partial charge on any atom is -0.453 e. The van der Waals surface area contributed by atoms with Gasteiger partial charge in [0.2, 0.25) is 23.6 Å². The molecule has 1 aliphatic heterocycles. The highest BCUT2D eigenvalue weighted by Gasteiger charge is 2.52. The van der Waals surface area contributed by atoms with Gasteiger partial charge < -0.3 is 51.4 Å². The molecule has 17 nitrogen and oxygen atoms in total.